The second-order valence-corrected chi connectivity index (χ2v) is 10.4. The summed E-state index contributed by atoms with van der Waals surface area (Å²) in [7, 11) is 0. The van der Waals surface area contributed by atoms with Crippen LogP contribution in [0.1, 0.15) is 37.2 Å². The number of carbonyl (C=O) groups is 1. The van der Waals surface area contributed by atoms with Crippen LogP contribution in [0.15, 0.2) is 48.9 Å². The highest BCUT2D eigenvalue weighted by atomic mass is 19.1. The fourth-order valence-electron chi connectivity index (χ4n) is 5.94. The third-order valence-electron chi connectivity index (χ3n) is 7.95. The van der Waals surface area contributed by atoms with E-state index in [1.165, 1.54) is 23.1 Å². The number of pyridine rings is 2. The molecule has 2 aliphatic rings. The van der Waals surface area contributed by atoms with Gasteiger partial charge in [0.15, 0.2) is 11.6 Å². The van der Waals surface area contributed by atoms with E-state index in [4.69, 9.17) is 4.74 Å². The lowest BCUT2D eigenvalue weighted by Gasteiger charge is -2.36. The molecule has 1 unspecified atom stereocenters. The van der Waals surface area contributed by atoms with Crippen molar-refractivity contribution in [1.29, 1.82) is 0 Å². The molecular formula is C29H31F2N5O2. The number of amides is 1. The van der Waals surface area contributed by atoms with Crippen LogP contribution in [0.2, 0.25) is 0 Å². The second-order valence-electron chi connectivity index (χ2n) is 10.4. The number of carbonyl (C=O) groups excluding carboxylic acids is 1. The number of hydrogen-bond donors (Lipinski definition) is 1. The van der Waals surface area contributed by atoms with E-state index in [1.54, 1.807) is 0 Å². The SMILES string of the molecule is O=C(CN1CCC(c2ccnc3cnc4[nH]ccc4c23)CC1)N1CCCC(COc2ccc(F)cc2F)C1. The van der Waals surface area contributed by atoms with Crippen LogP contribution in [0, 0.1) is 17.6 Å². The van der Waals surface area contributed by atoms with Crippen LogP contribution >= 0.6 is 0 Å². The molecule has 3 aromatic heterocycles. The number of fused-ring (bicyclic) bond motifs is 3. The molecule has 4 aromatic rings. The standard InChI is InChI=1S/C29H31F2N5O2/c30-21-3-4-26(24(31)14-21)38-18-19-2-1-11-36(16-19)27(37)17-35-12-7-20(8-13-35)22-5-9-32-25-15-34-29-23(28(22)25)6-10-33-29/h3-6,9-10,14-15,19-20H,1-2,7-8,11-13,16-18H2,(H,33,34). The summed E-state index contributed by atoms with van der Waals surface area (Å²) in [5.74, 6) is -0.606. The zero-order valence-corrected chi connectivity index (χ0v) is 21.2. The van der Waals surface area contributed by atoms with Gasteiger partial charge in [-0.2, -0.15) is 0 Å². The van der Waals surface area contributed by atoms with Gasteiger partial charge in [-0.15, -0.1) is 0 Å². The van der Waals surface area contributed by atoms with Gasteiger partial charge in [0.05, 0.1) is 24.9 Å². The molecule has 198 valence electrons. The smallest absolute Gasteiger partial charge is 0.236 e. The van der Waals surface area contributed by atoms with Crippen molar-refractivity contribution in [3.05, 3.63) is 66.1 Å². The van der Waals surface area contributed by atoms with E-state index in [-0.39, 0.29) is 17.6 Å². The maximum Gasteiger partial charge on any atom is 0.236 e. The van der Waals surface area contributed by atoms with Crippen LogP contribution < -0.4 is 4.74 Å². The average molecular weight is 520 g/mol. The topological polar surface area (TPSA) is 74.4 Å². The van der Waals surface area contributed by atoms with Gasteiger partial charge in [-0.25, -0.2) is 13.8 Å². The Bertz CT molecular complexity index is 1450. The predicted molar refractivity (Wildman–Crippen MR) is 141 cm³/mol. The molecule has 1 amide bonds. The van der Waals surface area contributed by atoms with Crippen molar-refractivity contribution in [1.82, 2.24) is 24.8 Å². The van der Waals surface area contributed by atoms with Gasteiger partial charge in [0.2, 0.25) is 5.91 Å². The van der Waals surface area contributed by atoms with Crippen molar-refractivity contribution in [2.75, 3.05) is 39.3 Å². The van der Waals surface area contributed by atoms with E-state index in [9.17, 15) is 13.6 Å². The average Bonchev–Trinajstić information content (AvgIpc) is 3.42. The van der Waals surface area contributed by atoms with Crippen molar-refractivity contribution >= 4 is 27.8 Å². The number of hydrogen-bond acceptors (Lipinski definition) is 5. The van der Waals surface area contributed by atoms with E-state index >= 15 is 0 Å². The van der Waals surface area contributed by atoms with Crippen molar-refractivity contribution in [3.63, 3.8) is 0 Å². The lowest BCUT2D eigenvalue weighted by atomic mass is 9.87. The van der Waals surface area contributed by atoms with Crippen LogP contribution in [0.25, 0.3) is 21.9 Å². The summed E-state index contributed by atoms with van der Waals surface area (Å²) in [6, 6.07) is 7.52. The van der Waals surface area contributed by atoms with Crippen molar-refractivity contribution in [2.45, 2.75) is 31.6 Å². The number of ether oxygens (including phenoxy) is 1. The van der Waals surface area contributed by atoms with Crippen LogP contribution in [0.4, 0.5) is 8.78 Å². The summed E-state index contributed by atoms with van der Waals surface area (Å²) in [6.45, 7) is 3.79. The van der Waals surface area contributed by atoms with E-state index in [1.807, 2.05) is 23.5 Å². The summed E-state index contributed by atoms with van der Waals surface area (Å²) in [4.78, 5) is 29.5. The monoisotopic (exact) mass is 519 g/mol. The summed E-state index contributed by atoms with van der Waals surface area (Å²) in [5.41, 5.74) is 3.10. The van der Waals surface area contributed by atoms with Gasteiger partial charge in [-0.1, -0.05) is 0 Å². The zero-order valence-electron chi connectivity index (χ0n) is 21.2. The summed E-state index contributed by atoms with van der Waals surface area (Å²) < 4.78 is 32.6. The highest BCUT2D eigenvalue weighted by molar-refractivity contribution is 6.05. The third kappa shape index (κ3) is 5.07. The van der Waals surface area contributed by atoms with Gasteiger partial charge in [0.1, 0.15) is 11.5 Å². The first-order valence-corrected chi connectivity index (χ1v) is 13.3. The van der Waals surface area contributed by atoms with E-state index in [0.717, 1.165) is 67.9 Å². The first kappa shape index (κ1) is 24.7. The lowest BCUT2D eigenvalue weighted by Crippen LogP contribution is -2.47. The van der Waals surface area contributed by atoms with Crippen LogP contribution in [0.3, 0.4) is 0 Å². The molecule has 38 heavy (non-hydrogen) atoms. The second kappa shape index (κ2) is 10.6. The Hall–Kier alpha value is -3.59. The van der Waals surface area contributed by atoms with Gasteiger partial charge in [-0.05, 0) is 74.5 Å². The quantitative estimate of drug-likeness (QED) is 0.393. The number of H-pyrrole nitrogens is 1. The molecular weight excluding hydrogens is 488 g/mol. The molecule has 9 heteroatoms. The minimum atomic E-state index is -0.703. The Morgan fingerprint density at radius 3 is 2.79 bits per heavy atom. The van der Waals surface area contributed by atoms with E-state index in [2.05, 4.69) is 32.0 Å². The first-order chi connectivity index (χ1) is 18.5. The molecule has 7 nitrogen and oxygen atoms in total. The lowest BCUT2D eigenvalue weighted by molar-refractivity contribution is -0.134. The van der Waals surface area contributed by atoms with Crippen LogP contribution in [-0.4, -0.2) is 70.0 Å². The molecule has 0 radical (unpaired) electrons. The Kier molecular flexibility index (Phi) is 6.93. The van der Waals surface area contributed by atoms with Gasteiger partial charge in [0, 0.05) is 48.2 Å². The minimum Gasteiger partial charge on any atom is -0.490 e. The molecule has 2 aliphatic heterocycles. The number of nitrogens with zero attached hydrogens (tertiary/aromatic N) is 4. The summed E-state index contributed by atoms with van der Waals surface area (Å²) >= 11 is 0. The van der Waals surface area contributed by atoms with Crippen LogP contribution in [-0.2, 0) is 4.79 Å². The Balaban J connectivity index is 1.03. The highest BCUT2D eigenvalue weighted by Crippen LogP contribution is 2.35. The number of aromatic nitrogens is 3. The molecule has 1 atom stereocenters. The zero-order chi connectivity index (χ0) is 26.1. The molecule has 5 heterocycles. The molecule has 0 saturated carbocycles. The van der Waals surface area contributed by atoms with Crippen molar-refractivity contribution in [2.24, 2.45) is 5.92 Å². The first-order valence-electron chi connectivity index (χ1n) is 13.3. The number of likely N-dealkylation sites (tertiary alicyclic amines) is 2. The van der Waals surface area contributed by atoms with Crippen molar-refractivity contribution < 1.29 is 18.3 Å². The number of benzene rings is 1. The molecule has 0 bridgehead atoms. The van der Waals surface area contributed by atoms with Gasteiger partial charge in [-0.3, -0.25) is 14.7 Å². The maximum atomic E-state index is 13.9. The number of rotatable bonds is 6. The third-order valence-corrected chi connectivity index (χ3v) is 7.95. The van der Waals surface area contributed by atoms with Crippen LogP contribution in [0.5, 0.6) is 5.75 Å². The number of aromatic amines is 1. The molecule has 1 N–H and O–H groups in total. The molecule has 0 spiro atoms. The van der Waals surface area contributed by atoms with E-state index in [0.29, 0.717) is 25.6 Å². The molecule has 6 rings (SSSR count). The van der Waals surface area contributed by atoms with E-state index < -0.39 is 11.6 Å². The number of piperidine rings is 2. The van der Waals surface area contributed by atoms with Gasteiger partial charge in [0.25, 0.3) is 0 Å². The largest absolute Gasteiger partial charge is 0.490 e. The normalized spacial score (nSPS) is 19.3. The fraction of sp³-hybridized carbons (Fsp3) is 0.414. The Morgan fingerprint density at radius 1 is 1.08 bits per heavy atom. The molecule has 1 aromatic carbocycles. The maximum absolute atomic E-state index is 13.9. The Morgan fingerprint density at radius 2 is 1.95 bits per heavy atom. The Labute approximate surface area is 219 Å². The van der Waals surface area contributed by atoms with Gasteiger partial charge < -0.3 is 14.6 Å². The molecule has 2 saturated heterocycles. The minimum absolute atomic E-state index is 0.0493. The number of halogens is 2. The highest BCUT2D eigenvalue weighted by Gasteiger charge is 2.28. The van der Waals surface area contributed by atoms with Crippen molar-refractivity contribution in [3.8, 4) is 5.75 Å². The summed E-state index contributed by atoms with van der Waals surface area (Å²) in [5, 5.41) is 2.28. The summed E-state index contributed by atoms with van der Waals surface area (Å²) in [6.07, 6.45) is 9.40. The molecule has 0 aliphatic carbocycles. The fourth-order valence-corrected chi connectivity index (χ4v) is 5.94. The molecule has 2 fully saturated rings. The predicted octanol–water partition coefficient (Wildman–Crippen LogP) is 4.89. The number of nitrogens with one attached hydrogen (secondary N) is 1. The van der Waals surface area contributed by atoms with Gasteiger partial charge >= 0.3 is 0 Å².